The van der Waals surface area contributed by atoms with Gasteiger partial charge in [-0.05, 0) is 72.8 Å². The van der Waals surface area contributed by atoms with Crippen molar-refractivity contribution in [3.05, 3.63) is 78.4 Å². The minimum atomic E-state index is -0.403. The van der Waals surface area contributed by atoms with Crippen LogP contribution in [-0.2, 0) is 9.47 Å². The van der Waals surface area contributed by atoms with Gasteiger partial charge in [0, 0.05) is 12.8 Å². The first-order valence-electron chi connectivity index (χ1n) is 9.19. The van der Waals surface area contributed by atoms with E-state index in [0.717, 1.165) is 5.69 Å². The Balaban J connectivity index is 1.57. The third-order valence-corrected chi connectivity index (χ3v) is 3.93. The fourth-order valence-corrected chi connectivity index (χ4v) is 2.32. The first-order chi connectivity index (χ1) is 14.6. The van der Waals surface area contributed by atoms with Gasteiger partial charge < -0.3 is 15.2 Å². The van der Waals surface area contributed by atoms with Crippen molar-refractivity contribution in [2.24, 2.45) is 20.5 Å². The molecule has 0 heterocycles. The van der Waals surface area contributed by atoms with Gasteiger partial charge >= 0.3 is 5.97 Å². The van der Waals surface area contributed by atoms with Crippen LogP contribution < -0.4 is 5.73 Å². The summed E-state index contributed by atoms with van der Waals surface area (Å²) in [5.41, 5.74) is 9.48. The van der Waals surface area contributed by atoms with E-state index in [1.54, 1.807) is 79.9 Å². The Kier molecular flexibility index (Phi) is 7.34. The SMILES string of the molecule is COCCOC(=O)c1ccc(N=Nc2ccc(N=Nc3ccc(N)cc3)cc2)cc1. The van der Waals surface area contributed by atoms with E-state index in [-0.39, 0.29) is 6.61 Å². The highest BCUT2D eigenvalue weighted by atomic mass is 16.6. The number of nitrogens with two attached hydrogens (primary N) is 1. The highest BCUT2D eigenvalue weighted by molar-refractivity contribution is 5.89. The number of methoxy groups -OCH3 is 1. The van der Waals surface area contributed by atoms with Crippen molar-refractivity contribution in [3.63, 3.8) is 0 Å². The standard InChI is InChI=1S/C22H21N5O3/c1-29-14-15-30-22(28)16-2-6-18(7-3-16)24-26-20-10-12-21(13-11-20)27-25-19-8-4-17(23)5-9-19/h2-13H,14-15,23H2,1H3. The first-order valence-corrected chi connectivity index (χ1v) is 9.19. The maximum absolute atomic E-state index is 11.8. The highest BCUT2D eigenvalue weighted by Gasteiger charge is 2.06. The molecule has 152 valence electrons. The summed E-state index contributed by atoms with van der Waals surface area (Å²) in [4.78, 5) is 11.8. The van der Waals surface area contributed by atoms with Gasteiger partial charge in [0.05, 0.1) is 34.9 Å². The monoisotopic (exact) mass is 403 g/mol. The molecule has 0 aliphatic rings. The van der Waals surface area contributed by atoms with Crippen molar-refractivity contribution in [2.75, 3.05) is 26.1 Å². The molecule has 3 aromatic rings. The number of anilines is 1. The van der Waals surface area contributed by atoms with Crippen molar-refractivity contribution >= 4 is 34.4 Å². The number of esters is 1. The van der Waals surface area contributed by atoms with Gasteiger partial charge in [-0.15, -0.1) is 0 Å². The third-order valence-electron chi connectivity index (χ3n) is 3.93. The van der Waals surface area contributed by atoms with Crippen molar-refractivity contribution < 1.29 is 14.3 Å². The lowest BCUT2D eigenvalue weighted by atomic mass is 10.2. The van der Waals surface area contributed by atoms with Gasteiger partial charge in [0.25, 0.3) is 0 Å². The Morgan fingerprint density at radius 1 is 0.700 bits per heavy atom. The van der Waals surface area contributed by atoms with E-state index in [4.69, 9.17) is 15.2 Å². The van der Waals surface area contributed by atoms with Crippen LogP contribution in [0.3, 0.4) is 0 Å². The molecule has 0 aromatic heterocycles. The van der Waals surface area contributed by atoms with Gasteiger partial charge in [0.2, 0.25) is 0 Å². The van der Waals surface area contributed by atoms with E-state index < -0.39 is 5.97 Å². The van der Waals surface area contributed by atoms with Crippen LogP contribution in [0.15, 0.2) is 93.3 Å². The number of nitrogen functional groups attached to an aromatic ring is 1. The van der Waals surface area contributed by atoms with Gasteiger partial charge in [-0.2, -0.15) is 20.5 Å². The number of rotatable bonds is 8. The number of hydrogen-bond acceptors (Lipinski definition) is 8. The maximum Gasteiger partial charge on any atom is 0.338 e. The van der Waals surface area contributed by atoms with E-state index in [9.17, 15) is 4.79 Å². The van der Waals surface area contributed by atoms with Crippen molar-refractivity contribution in [3.8, 4) is 0 Å². The molecule has 0 radical (unpaired) electrons. The number of carbonyl (C=O) groups excluding carboxylic acids is 1. The predicted molar refractivity (Wildman–Crippen MR) is 114 cm³/mol. The first kappa shape index (κ1) is 20.8. The topological polar surface area (TPSA) is 111 Å². The number of benzene rings is 3. The molecule has 0 aliphatic carbocycles. The zero-order chi connectivity index (χ0) is 21.2. The fraction of sp³-hybridized carbons (Fsp3) is 0.136. The second kappa shape index (κ2) is 10.6. The summed E-state index contributed by atoms with van der Waals surface area (Å²) in [5, 5.41) is 16.7. The minimum absolute atomic E-state index is 0.215. The predicted octanol–water partition coefficient (Wildman–Crippen LogP) is 5.90. The molecule has 8 nitrogen and oxygen atoms in total. The quantitative estimate of drug-likeness (QED) is 0.218. The summed E-state index contributed by atoms with van der Waals surface area (Å²) < 4.78 is 9.91. The normalized spacial score (nSPS) is 11.2. The van der Waals surface area contributed by atoms with Gasteiger partial charge in [-0.25, -0.2) is 4.79 Å². The van der Waals surface area contributed by atoms with E-state index in [1.807, 2.05) is 0 Å². The minimum Gasteiger partial charge on any atom is -0.460 e. The van der Waals surface area contributed by atoms with Crippen LogP contribution in [-0.4, -0.2) is 26.3 Å². The summed E-state index contributed by atoms with van der Waals surface area (Å²) in [5.74, 6) is -0.403. The van der Waals surface area contributed by atoms with Crippen molar-refractivity contribution in [1.82, 2.24) is 0 Å². The molecule has 30 heavy (non-hydrogen) atoms. The average Bonchev–Trinajstić information content (AvgIpc) is 2.78. The van der Waals surface area contributed by atoms with Gasteiger partial charge in [-0.3, -0.25) is 0 Å². The van der Waals surface area contributed by atoms with Crippen molar-refractivity contribution in [1.29, 1.82) is 0 Å². The summed E-state index contributed by atoms with van der Waals surface area (Å²) in [6.45, 7) is 0.575. The fourth-order valence-electron chi connectivity index (χ4n) is 2.32. The largest absolute Gasteiger partial charge is 0.460 e. The summed E-state index contributed by atoms with van der Waals surface area (Å²) >= 11 is 0. The van der Waals surface area contributed by atoms with E-state index in [0.29, 0.717) is 34.9 Å². The molecule has 0 amide bonds. The molecule has 0 bridgehead atoms. The Morgan fingerprint density at radius 2 is 1.10 bits per heavy atom. The molecule has 0 atom stereocenters. The number of azo groups is 2. The number of carbonyl (C=O) groups is 1. The Labute approximate surface area is 174 Å². The number of hydrogen-bond donors (Lipinski definition) is 1. The number of ether oxygens (including phenoxy) is 2. The molecule has 3 aromatic carbocycles. The summed E-state index contributed by atoms with van der Waals surface area (Å²) in [6, 6.07) is 21.0. The van der Waals surface area contributed by atoms with Crippen LogP contribution in [0.5, 0.6) is 0 Å². The van der Waals surface area contributed by atoms with Crippen LogP contribution in [0.1, 0.15) is 10.4 Å². The molecule has 8 heteroatoms. The van der Waals surface area contributed by atoms with Crippen LogP contribution in [0.25, 0.3) is 0 Å². The Bertz CT molecular complexity index is 1010. The zero-order valence-corrected chi connectivity index (χ0v) is 16.4. The summed E-state index contributed by atoms with van der Waals surface area (Å²) in [6.07, 6.45) is 0. The van der Waals surface area contributed by atoms with Crippen LogP contribution >= 0.6 is 0 Å². The maximum atomic E-state index is 11.8. The van der Waals surface area contributed by atoms with Crippen LogP contribution in [0, 0.1) is 0 Å². The van der Waals surface area contributed by atoms with Gasteiger partial charge in [0.1, 0.15) is 6.61 Å². The molecular formula is C22H21N5O3. The summed E-state index contributed by atoms with van der Waals surface area (Å²) in [7, 11) is 1.55. The van der Waals surface area contributed by atoms with Gasteiger partial charge in [0.15, 0.2) is 0 Å². The van der Waals surface area contributed by atoms with Gasteiger partial charge in [-0.1, -0.05) is 0 Å². The highest BCUT2D eigenvalue weighted by Crippen LogP contribution is 2.24. The molecule has 0 unspecified atom stereocenters. The molecule has 0 saturated heterocycles. The van der Waals surface area contributed by atoms with E-state index >= 15 is 0 Å². The third kappa shape index (κ3) is 6.32. The van der Waals surface area contributed by atoms with Crippen LogP contribution in [0.4, 0.5) is 28.4 Å². The zero-order valence-electron chi connectivity index (χ0n) is 16.4. The molecule has 3 rings (SSSR count). The molecule has 0 spiro atoms. The van der Waals surface area contributed by atoms with E-state index in [1.165, 1.54) is 0 Å². The smallest absolute Gasteiger partial charge is 0.338 e. The lowest BCUT2D eigenvalue weighted by molar-refractivity contribution is 0.0388. The average molecular weight is 403 g/mol. The molecule has 0 aliphatic heterocycles. The van der Waals surface area contributed by atoms with Crippen LogP contribution in [0.2, 0.25) is 0 Å². The van der Waals surface area contributed by atoms with E-state index in [2.05, 4.69) is 20.5 Å². The van der Waals surface area contributed by atoms with Crippen molar-refractivity contribution in [2.45, 2.75) is 0 Å². The molecule has 0 saturated carbocycles. The molecule has 2 N–H and O–H groups in total. The molecular weight excluding hydrogens is 382 g/mol. The Hall–Kier alpha value is -3.91. The number of nitrogens with zero attached hydrogens (tertiary/aromatic N) is 4. The molecule has 0 fully saturated rings. The second-order valence-corrected chi connectivity index (χ2v) is 6.18. The lowest BCUT2D eigenvalue weighted by Gasteiger charge is -2.03. The lowest BCUT2D eigenvalue weighted by Crippen LogP contribution is -2.09. The second-order valence-electron chi connectivity index (χ2n) is 6.18. The Morgan fingerprint density at radius 3 is 1.53 bits per heavy atom.